The van der Waals surface area contributed by atoms with Crippen molar-refractivity contribution in [1.82, 2.24) is 10.2 Å². The van der Waals surface area contributed by atoms with Gasteiger partial charge in [-0.3, -0.25) is 5.10 Å². The van der Waals surface area contributed by atoms with Gasteiger partial charge in [-0.25, -0.2) is 0 Å². The van der Waals surface area contributed by atoms with Gasteiger partial charge in [0.15, 0.2) is 0 Å². The van der Waals surface area contributed by atoms with Crippen LogP contribution < -0.4 is 0 Å². The van der Waals surface area contributed by atoms with Gasteiger partial charge in [-0.15, -0.1) is 0 Å². The summed E-state index contributed by atoms with van der Waals surface area (Å²) in [7, 11) is 0. The van der Waals surface area contributed by atoms with E-state index in [0.29, 0.717) is 0 Å². The van der Waals surface area contributed by atoms with Gasteiger partial charge in [0.05, 0.1) is 5.03 Å². The Bertz CT molecular complexity index is 378. The second kappa shape index (κ2) is 4.33. The summed E-state index contributed by atoms with van der Waals surface area (Å²) < 4.78 is 0. The van der Waals surface area contributed by atoms with Gasteiger partial charge in [0, 0.05) is 11.1 Å². The molecule has 0 amide bonds. The fraction of sp³-hybridized carbons (Fsp3) is 0.182. The van der Waals surface area contributed by atoms with Crippen LogP contribution in [-0.2, 0) is 6.42 Å². The lowest BCUT2D eigenvalue weighted by molar-refractivity contribution is 1.00. The second-order valence-corrected chi connectivity index (χ2v) is 4.14. The van der Waals surface area contributed by atoms with Gasteiger partial charge in [-0.05, 0) is 30.2 Å². The van der Waals surface area contributed by atoms with E-state index >= 15 is 0 Å². The van der Waals surface area contributed by atoms with E-state index in [4.69, 9.17) is 0 Å². The first kappa shape index (κ1) is 9.34. The molecule has 2 aromatic rings. The minimum atomic E-state index is 1.08. The van der Waals surface area contributed by atoms with Crippen molar-refractivity contribution in [3.8, 4) is 0 Å². The van der Waals surface area contributed by atoms with Crippen LogP contribution in [0.15, 0.2) is 46.5 Å². The van der Waals surface area contributed by atoms with Crippen molar-refractivity contribution >= 4 is 11.8 Å². The molecule has 0 fully saturated rings. The number of rotatable bonds is 3. The average molecular weight is 204 g/mol. The summed E-state index contributed by atoms with van der Waals surface area (Å²) in [5.41, 5.74) is 1.37. The van der Waals surface area contributed by atoms with Gasteiger partial charge in [0.1, 0.15) is 0 Å². The smallest absolute Gasteiger partial charge is 0.0955 e. The highest BCUT2D eigenvalue weighted by Crippen LogP contribution is 2.25. The third-order valence-electron chi connectivity index (χ3n) is 2.03. The number of aromatic amines is 1. The van der Waals surface area contributed by atoms with E-state index in [1.807, 2.05) is 6.07 Å². The van der Waals surface area contributed by atoms with E-state index in [-0.39, 0.29) is 0 Å². The Kier molecular flexibility index (Phi) is 2.89. The number of benzene rings is 1. The SMILES string of the molecule is CCc1ccc(Sc2ccn[nH]2)cc1. The Morgan fingerprint density at radius 2 is 2.00 bits per heavy atom. The molecule has 1 N–H and O–H groups in total. The third-order valence-corrected chi connectivity index (χ3v) is 2.99. The second-order valence-electron chi connectivity index (χ2n) is 3.02. The Morgan fingerprint density at radius 1 is 1.21 bits per heavy atom. The van der Waals surface area contributed by atoms with Crippen LogP contribution >= 0.6 is 11.8 Å². The van der Waals surface area contributed by atoms with Crippen molar-refractivity contribution < 1.29 is 0 Å². The van der Waals surface area contributed by atoms with Gasteiger partial charge >= 0.3 is 0 Å². The maximum absolute atomic E-state index is 3.91. The Hall–Kier alpha value is -1.22. The fourth-order valence-electron chi connectivity index (χ4n) is 1.22. The van der Waals surface area contributed by atoms with Gasteiger partial charge in [-0.1, -0.05) is 30.8 Å². The van der Waals surface area contributed by atoms with Crippen LogP contribution in [0, 0.1) is 0 Å². The number of H-pyrrole nitrogens is 1. The maximum atomic E-state index is 3.91. The summed E-state index contributed by atoms with van der Waals surface area (Å²) in [6.45, 7) is 2.16. The number of nitrogens with one attached hydrogen (secondary N) is 1. The van der Waals surface area contributed by atoms with Crippen molar-refractivity contribution in [2.45, 2.75) is 23.3 Å². The van der Waals surface area contributed by atoms with Crippen molar-refractivity contribution in [3.63, 3.8) is 0 Å². The molecule has 0 aliphatic carbocycles. The lowest BCUT2D eigenvalue weighted by Crippen LogP contribution is -1.79. The molecule has 1 aromatic carbocycles. The Balaban J connectivity index is 2.10. The zero-order chi connectivity index (χ0) is 9.80. The standard InChI is InChI=1S/C11H12N2S/c1-2-9-3-5-10(6-4-9)14-11-7-8-12-13-11/h3-8H,2H2,1H3,(H,12,13). The quantitative estimate of drug-likeness (QED) is 0.832. The topological polar surface area (TPSA) is 28.7 Å². The first-order valence-corrected chi connectivity index (χ1v) is 5.46. The normalized spacial score (nSPS) is 10.4. The Labute approximate surface area is 87.7 Å². The summed E-state index contributed by atoms with van der Waals surface area (Å²) in [6.07, 6.45) is 2.86. The highest BCUT2D eigenvalue weighted by Gasteiger charge is 1.97. The van der Waals surface area contributed by atoms with Crippen molar-refractivity contribution in [2.24, 2.45) is 0 Å². The van der Waals surface area contributed by atoms with Crippen molar-refractivity contribution in [2.75, 3.05) is 0 Å². The first-order chi connectivity index (χ1) is 6.88. The minimum Gasteiger partial charge on any atom is -0.272 e. The number of aryl methyl sites for hydroxylation is 1. The van der Waals surface area contributed by atoms with Crippen LogP contribution in [-0.4, -0.2) is 10.2 Å². The van der Waals surface area contributed by atoms with Crippen LogP contribution in [0.5, 0.6) is 0 Å². The molecule has 0 spiro atoms. The maximum Gasteiger partial charge on any atom is 0.0955 e. The highest BCUT2D eigenvalue weighted by atomic mass is 32.2. The number of nitrogens with zero attached hydrogens (tertiary/aromatic N) is 1. The molecule has 0 saturated carbocycles. The number of aromatic nitrogens is 2. The summed E-state index contributed by atoms with van der Waals surface area (Å²) in [5, 5.41) is 7.91. The van der Waals surface area contributed by atoms with E-state index in [9.17, 15) is 0 Å². The van der Waals surface area contributed by atoms with E-state index in [2.05, 4.69) is 41.4 Å². The molecule has 0 bridgehead atoms. The third kappa shape index (κ3) is 2.17. The van der Waals surface area contributed by atoms with E-state index in [0.717, 1.165) is 11.4 Å². The molecule has 0 radical (unpaired) electrons. The van der Waals surface area contributed by atoms with Gasteiger partial charge in [0.25, 0.3) is 0 Å². The van der Waals surface area contributed by atoms with Crippen LogP contribution in [0.4, 0.5) is 0 Å². The highest BCUT2D eigenvalue weighted by molar-refractivity contribution is 7.99. The number of hydrogen-bond acceptors (Lipinski definition) is 2. The van der Waals surface area contributed by atoms with E-state index in [1.165, 1.54) is 10.5 Å². The van der Waals surface area contributed by atoms with Crippen LogP contribution in [0.2, 0.25) is 0 Å². The van der Waals surface area contributed by atoms with Crippen LogP contribution in [0.25, 0.3) is 0 Å². The van der Waals surface area contributed by atoms with Gasteiger partial charge in [-0.2, -0.15) is 5.10 Å². The van der Waals surface area contributed by atoms with Gasteiger partial charge in [0.2, 0.25) is 0 Å². The Morgan fingerprint density at radius 3 is 2.57 bits per heavy atom. The van der Waals surface area contributed by atoms with Crippen LogP contribution in [0.3, 0.4) is 0 Å². The predicted molar refractivity (Wildman–Crippen MR) is 58.5 cm³/mol. The lowest BCUT2D eigenvalue weighted by Gasteiger charge is -1.99. The summed E-state index contributed by atoms with van der Waals surface area (Å²) >= 11 is 1.70. The lowest BCUT2D eigenvalue weighted by atomic mass is 10.2. The molecule has 0 aliphatic rings. The largest absolute Gasteiger partial charge is 0.272 e. The zero-order valence-electron chi connectivity index (χ0n) is 8.03. The monoisotopic (exact) mass is 204 g/mol. The zero-order valence-corrected chi connectivity index (χ0v) is 8.84. The molecule has 1 heterocycles. The molecule has 2 nitrogen and oxygen atoms in total. The first-order valence-electron chi connectivity index (χ1n) is 4.64. The molecule has 3 heteroatoms. The summed E-state index contributed by atoms with van der Waals surface area (Å²) in [5.74, 6) is 0. The molecule has 0 unspecified atom stereocenters. The summed E-state index contributed by atoms with van der Waals surface area (Å²) in [6, 6.07) is 10.6. The molecule has 1 aromatic heterocycles. The molecule has 72 valence electrons. The van der Waals surface area contributed by atoms with Crippen LogP contribution in [0.1, 0.15) is 12.5 Å². The van der Waals surface area contributed by atoms with Crippen molar-refractivity contribution in [3.05, 3.63) is 42.1 Å². The van der Waals surface area contributed by atoms with Crippen molar-refractivity contribution in [1.29, 1.82) is 0 Å². The molecule has 0 aliphatic heterocycles. The average Bonchev–Trinajstić information content (AvgIpc) is 2.72. The molecule has 0 saturated heterocycles. The number of hydrogen-bond donors (Lipinski definition) is 1. The predicted octanol–water partition coefficient (Wildman–Crippen LogP) is 3.12. The molecule has 14 heavy (non-hydrogen) atoms. The minimum absolute atomic E-state index is 1.08. The fourth-order valence-corrected chi connectivity index (χ4v) is 1.97. The molecule has 2 rings (SSSR count). The molecule has 0 atom stereocenters. The van der Waals surface area contributed by atoms with Gasteiger partial charge < -0.3 is 0 Å². The molecular weight excluding hydrogens is 192 g/mol. The van der Waals surface area contributed by atoms with E-state index < -0.39 is 0 Å². The van der Waals surface area contributed by atoms with E-state index in [1.54, 1.807) is 18.0 Å². The molecular formula is C11H12N2S. The summed E-state index contributed by atoms with van der Waals surface area (Å²) in [4.78, 5) is 1.24.